The number of hydrogen-bond donors (Lipinski definition) is 2. The van der Waals surface area contributed by atoms with Crippen LogP contribution < -0.4 is 30.0 Å². The number of hydrogen-bond acceptors (Lipinski definition) is 11. The third-order valence-electron chi connectivity index (χ3n) is 4.38. The number of rotatable bonds is 8. The Bertz CT molecular complexity index is 1130. The van der Waals surface area contributed by atoms with E-state index in [1.54, 1.807) is 45.7 Å². The van der Waals surface area contributed by atoms with E-state index >= 15 is 0 Å². The molecule has 0 atom stereocenters. The molecule has 11 heteroatoms. The Balaban J connectivity index is 0.000000207. The fourth-order valence-corrected chi connectivity index (χ4v) is 2.63. The molecule has 0 fully saturated rings. The summed E-state index contributed by atoms with van der Waals surface area (Å²) in [5, 5.41) is 3.05. The summed E-state index contributed by atoms with van der Waals surface area (Å²) in [5.41, 5.74) is 6.53. The number of methoxy groups -OCH3 is 4. The van der Waals surface area contributed by atoms with E-state index in [0.29, 0.717) is 29.6 Å². The van der Waals surface area contributed by atoms with Gasteiger partial charge in [-0.2, -0.15) is 0 Å². The maximum Gasteiger partial charge on any atom is 0.294 e. The minimum Gasteiger partial charge on any atom is -0.497 e. The van der Waals surface area contributed by atoms with E-state index in [-0.39, 0.29) is 6.01 Å². The summed E-state index contributed by atoms with van der Waals surface area (Å²) in [4.78, 5) is 18.0. The average molecular weight is 485 g/mol. The smallest absolute Gasteiger partial charge is 0.294 e. The second-order valence-corrected chi connectivity index (χ2v) is 6.46. The van der Waals surface area contributed by atoms with Crippen molar-refractivity contribution in [2.45, 2.75) is 6.54 Å². The van der Waals surface area contributed by atoms with Crippen LogP contribution in [0.3, 0.4) is 0 Å². The van der Waals surface area contributed by atoms with Gasteiger partial charge in [-0.3, -0.25) is 4.79 Å². The summed E-state index contributed by atoms with van der Waals surface area (Å²) in [7, 11) is 6.33. The fraction of sp³-hybridized carbons (Fsp3) is 0.208. The fourth-order valence-electron chi connectivity index (χ4n) is 2.63. The van der Waals surface area contributed by atoms with E-state index in [1.165, 1.54) is 25.8 Å². The van der Waals surface area contributed by atoms with E-state index in [2.05, 4.69) is 19.7 Å². The summed E-state index contributed by atoms with van der Waals surface area (Å²) in [5.74, 6) is 2.74. The first-order valence-corrected chi connectivity index (χ1v) is 10.2. The Morgan fingerprint density at radius 2 is 1.49 bits per heavy atom. The SMILES string of the molecule is COc1ccc(C=O)c(OC)c1.COc1ccc(CNc2ncco2)c(OC)c1.Nc1ncco1. The van der Waals surface area contributed by atoms with Gasteiger partial charge in [0.25, 0.3) is 12.0 Å². The van der Waals surface area contributed by atoms with Crippen LogP contribution in [0.15, 0.2) is 70.2 Å². The third kappa shape index (κ3) is 8.65. The Morgan fingerprint density at radius 3 is 1.97 bits per heavy atom. The zero-order valence-electron chi connectivity index (χ0n) is 19.9. The highest BCUT2D eigenvalue weighted by Gasteiger charge is 2.06. The highest BCUT2D eigenvalue weighted by Crippen LogP contribution is 2.25. The number of nitrogen functional groups attached to an aromatic ring is 1. The predicted molar refractivity (Wildman–Crippen MR) is 129 cm³/mol. The van der Waals surface area contributed by atoms with Gasteiger partial charge in [-0.05, 0) is 24.3 Å². The summed E-state index contributed by atoms with van der Waals surface area (Å²) < 4.78 is 29.9. The molecule has 4 aromatic rings. The van der Waals surface area contributed by atoms with Crippen molar-refractivity contribution < 1.29 is 32.6 Å². The van der Waals surface area contributed by atoms with Crippen LogP contribution in [0, 0.1) is 0 Å². The molecule has 11 nitrogen and oxygen atoms in total. The molecule has 2 aromatic carbocycles. The average Bonchev–Trinajstić information content (AvgIpc) is 3.61. The summed E-state index contributed by atoms with van der Waals surface area (Å²) >= 11 is 0. The number of carbonyl (C=O) groups is 1. The molecule has 0 aliphatic heterocycles. The Morgan fingerprint density at radius 1 is 0.857 bits per heavy atom. The molecule has 0 unspecified atom stereocenters. The van der Waals surface area contributed by atoms with Gasteiger partial charge in [0.15, 0.2) is 6.29 Å². The minimum absolute atomic E-state index is 0.218. The number of anilines is 2. The minimum atomic E-state index is 0.218. The van der Waals surface area contributed by atoms with E-state index < -0.39 is 0 Å². The van der Waals surface area contributed by atoms with Crippen LogP contribution in [0.1, 0.15) is 15.9 Å². The lowest BCUT2D eigenvalue weighted by molar-refractivity contribution is 0.112. The lowest BCUT2D eigenvalue weighted by atomic mass is 10.2. The number of carbonyl (C=O) groups excluding carboxylic acids is 1. The van der Waals surface area contributed by atoms with Gasteiger partial charge >= 0.3 is 0 Å². The maximum atomic E-state index is 10.5. The molecule has 0 amide bonds. The van der Waals surface area contributed by atoms with Gasteiger partial charge in [-0.1, -0.05) is 0 Å². The lowest BCUT2D eigenvalue weighted by Crippen LogP contribution is -2.02. The van der Waals surface area contributed by atoms with Crippen LogP contribution >= 0.6 is 0 Å². The van der Waals surface area contributed by atoms with Gasteiger partial charge in [-0.15, -0.1) is 0 Å². The molecule has 0 radical (unpaired) electrons. The highest BCUT2D eigenvalue weighted by atomic mass is 16.5. The van der Waals surface area contributed by atoms with Gasteiger partial charge < -0.3 is 38.8 Å². The van der Waals surface area contributed by atoms with Crippen molar-refractivity contribution in [2.24, 2.45) is 0 Å². The zero-order chi connectivity index (χ0) is 25.5. The number of benzene rings is 2. The Kier molecular flexibility index (Phi) is 11.0. The van der Waals surface area contributed by atoms with Crippen LogP contribution in [-0.4, -0.2) is 44.7 Å². The van der Waals surface area contributed by atoms with Gasteiger partial charge in [0.2, 0.25) is 0 Å². The molecule has 186 valence electrons. The van der Waals surface area contributed by atoms with E-state index in [4.69, 9.17) is 29.1 Å². The first-order valence-electron chi connectivity index (χ1n) is 10.2. The van der Waals surface area contributed by atoms with E-state index in [1.807, 2.05) is 18.2 Å². The van der Waals surface area contributed by atoms with Crippen molar-refractivity contribution in [1.82, 2.24) is 9.97 Å². The van der Waals surface area contributed by atoms with Crippen molar-refractivity contribution >= 4 is 18.3 Å². The molecule has 0 spiro atoms. The van der Waals surface area contributed by atoms with Crippen LogP contribution in [-0.2, 0) is 6.54 Å². The maximum absolute atomic E-state index is 10.5. The lowest BCUT2D eigenvalue weighted by Gasteiger charge is -2.10. The molecule has 4 rings (SSSR count). The van der Waals surface area contributed by atoms with Crippen molar-refractivity contribution in [1.29, 1.82) is 0 Å². The molecular weight excluding hydrogens is 456 g/mol. The number of nitrogens with one attached hydrogen (secondary N) is 1. The molecule has 0 aliphatic carbocycles. The number of aldehydes is 1. The molecule has 2 aromatic heterocycles. The molecule has 0 saturated heterocycles. The normalized spacial score (nSPS) is 9.49. The van der Waals surface area contributed by atoms with Crippen LogP contribution in [0.2, 0.25) is 0 Å². The molecule has 0 bridgehead atoms. The van der Waals surface area contributed by atoms with Crippen LogP contribution in [0.5, 0.6) is 23.0 Å². The first-order chi connectivity index (χ1) is 17.0. The standard InChI is InChI=1S/C12H14N2O3.C9H10O3.C3H4N2O/c1-15-10-4-3-9(11(7-10)16-2)8-14-12-13-5-6-17-12;1-11-8-4-3-7(6-10)9(5-8)12-2;4-3-5-1-2-6-3/h3-7H,8H2,1-2H3,(H,13,14);3-6H,1-2H3;1-2H,(H2,4,5). The topological polar surface area (TPSA) is 144 Å². The predicted octanol–water partition coefficient (Wildman–Crippen LogP) is 4.08. The van der Waals surface area contributed by atoms with Gasteiger partial charge in [-0.25, -0.2) is 9.97 Å². The zero-order valence-corrected chi connectivity index (χ0v) is 19.9. The van der Waals surface area contributed by atoms with Gasteiger partial charge in [0, 0.05) is 24.2 Å². The van der Waals surface area contributed by atoms with Gasteiger partial charge in [0.1, 0.15) is 35.5 Å². The molecule has 35 heavy (non-hydrogen) atoms. The van der Waals surface area contributed by atoms with E-state index in [9.17, 15) is 4.79 Å². The number of nitrogens with two attached hydrogens (primary N) is 1. The Labute approximate surface area is 202 Å². The third-order valence-corrected chi connectivity index (χ3v) is 4.38. The van der Waals surface area contributed by atoms with Crippen LogP contribution in [0.25, 0.3) is 0 Å². The number of ether oxygens (including phenoxy) is 4. The summed E-state index contributed by atoms with van der Waals surface area (Å²) in [6, 6.07) is 11.4. The molecule has 0 saturated carbocycles. The molecular formula is C24H28N4O7. The van der Waals surface area contributed by atoms with Crippen molar-refractivity contribution in [2.75, 3.05) is 39.5 Å². The van der Waals surface area contributed by atoms with Crippen molar-refractivity contribution in [3.8, 4) is 23.0 Å². The second kappa shape index (κ2) is 14.5. The van der Waals surface area contributed by atoms with Crippen molar-refractivity contribution in [3.05, 3.63) is 72.4 Å². The summed E-state index contributed by atoms with van der Waals surface area (Å²) in [6.07, 6.45) is 6.78. The molecule has 0 aliphatic rings. The Hall–Kier alpha value is -4.67. The van der Waals surface area contributed by atoms with Crippen molar-refractivity contribution in [3.63, 3.8) is 0 Å². The van der Waals surface area contributed by atoms with Crippen LogP contribution in [0.4, 0.5) is 12.0 Å². The molecule has 3 N–H and O–H groups in total. The monoisotopic (exact) mass is 484 g/mol. The van der Waals surface area contributed by atoms with Gasteiger partial charge in [0.05, 0.1) is 46.4 Å². The number of nitrogens with zero attached hydrogens (tertiary/aromatic N) is 2. The quantitative estimate of drug-likeness (QED) is 0.349. The number of oxazole rings is 2. The number of aromatic nitrogens is 2. The summed E-state index contributed by atoms with van der Waals surface area (Å²) in [6.45, 7) is 0.577. The largest absolute Gasteiger partial charge is 0.497 e. The highest BCUT2D eigenvalue weighted by molar-refractivity contribution is 5.79. The second-order valence-electron chi connectivity index (χ2n) is 6.46. The molecule has 2 heterocycles. The first kappa shape index (κ1) is 26.6. The van der Waals surface area contributed by atoms with E-state index in [0.717, 1.165) is 23.3 Å².